The van der Waals surface area contributed by atoms with Crippen molar-refractivity contribution in [3.05, 3.63) is 41.5 Å². The highest BCUT2D eigenvalue weighted by molar-refractivity contribution is 6.03. The maximum absolute atomic E-state index is 13.8. The third-order valence-corrected chi connectivity index (χ3v) is 7.28. The van der Waals surface area contributed by atoms with Gasteiger partial charge in [0.2, 0.25) is 11.8 Å². The zero-order chi connectivity index (χ0) is 28.3. The number of carboxylic acid groups (broad SMARTS) is 1. The lowest BCUT2D eigenvalue weighted by Gasteiger charge is -2.34. The van der Waals surface area contributed by atoms with Crippen LogP contribution in [0.15, 0.2) is 30.3 Å². The molecular formula is C28H34F3N3O5. The predicted octanol–water partition coefficient (Wildman–Crippen LogP) is 6.00. The van der Waals surface area contributed by atoms with Gasteiger partial charge in [0.05, 0.1) is 24.5 Å². The van der Waals surface area contributed by atoms with Gasteiger partial charge in [-0.15, -0.1) is 0 Å². The van der Waals surface area contributed by atoms with Crippen molar-refractivity contribution in [3.8, 4) is 11.6 Å². The Morgan fingerprint density at radius 3 is 2.36 bits per heavy atom. The predicted molar refractivity (Wildman–Crippen MR) is 139 cm³/mol. The highest BCUT2D eigenvalue weighted by atomic mass is 19.4. The molecule has 212 valence electrons. The number of ether oxygens (including phenoxy) is 2. The van der Waals surface area contributed by atoms with E-state index in [0.29, 0.717) is 38.0 Å². The molecule has 8 nitrogen and oxygen atoms in total. The number of anilines is 2. The van der Waals surface area contributed by atoms with Crippen molar-refractivity contribution in [3.63, 3.8) is 0 Å². The summed E-state index contributed by atoms with van der Waals surface area (Å²) in [4.78, 5) is 33.2. The number of amides is 1. The first-order chi connectivity index (χ1) is 18.5. The van der Waals surface area contributed by atoms with Crippen LogP contribution in [0.5, 0.6) is 11.6 Å². The van der Waals surface area contributed by atoms with Crippen LogP contribution in [0, 0.1) is 11.8 Å². The Morgan fingerprint density at radius 2 is 1.77 bits per heavy atom. The molecule has 1 aromatic heterocycles. The summed E-state index contributed by atoms with van der Waals surface area (Å²) < 4.78 is 52.3. The molecular weight excluding hydrogens is 515 g/mol. The smallest absolute Gasteiger partial charge is 0.421 e. The number of morpholine rings is 1. The Bertz CT molecular complexity index is 1190. The zero-order valence-electron chi connectivity index (χ0n) is 22.3. The molecule has 1 N–H and O–H groups in total. The summed E-state index contributed by atoms with van der Waals surface area (Å²) in [5.74, 6) is -1.63. The van der Waals surface area contributed by atoms with Crippen LogP contribution in [0.2, 0.25) is 0 Å². The number of carbonyl (C=O) groups is 2. The first kappa shape index (κ1) is 28.7. The van der Waals surface area contributed by atoms with E-state index in [1.54, 1.807) is 18.7 Å². The molecule has 0 radical (unpaired) electrons. The Morgan fingerprint density at radius 1 is 1.10 bits per heavy atom. The molecule has 39 heavy (non-hydrogen) atoms. The third kappa shape index (κ3) is 6.63. The fourth-order valence-electron chi connectivity index (χ4n) is 5.12. The first-order valence-corrected chi connectivity index (χ1v) is 13.2. The van der Waals surface area contributed by atoms with Gasteiger partial charge in [0.1, 0.15) is 17.1 Å². The molecule has 1 amide bonds. The molecule has 0 spiro atoms. The minimum absolute atomic E-state index is 0.129. The van der Waals surface area contributed by atoms with Gasteiger partial charge in [-0.05, 0) is 75.8 Å². The highest BCUT2D eigenvalue weighted by Crippen LogP contribution is 2.40. The normalized spacial score (nSPS) is 20.1. The quantitative estimate of drug-likeness (QED) is 0.453. The van der Waals surface area contributed by atoms with Crippen molar-refractivity contribution in [2.24, 2.45) is 11.8 Å². The number of halogens is 3. The molecule has 11 heteroatoms. The lowest BCUT2D eigenvalue weighted by Crippen LogP contribution is -2.42. The number of aromatic carboxylic acids is 1. The molecule has 0 unspecified atom stereocenters. The number of pyridine rings is 1. The molecule has 1 aromatic carbocycles. The molecule has 4 rings (SSSR count). The maximum atomic E-state index is 13.8. The number of benzene rings is 1. The molecule has 1 aliphatic heterocycles. The van der Waals surface area contributed by atoms with Crippen molar-refractivity contribution >= 4 is 23.4 Å². The van der Waals surface area contributed by atoms with Gasteiger partial charge in [-0.3, -0.25) is 4.79 Å². The van der Waals surface area contributed by atoms with Crippen LogP contribution < -0.4 is 14.5 Å². The minimum Gasteiger partial charge on any atom is -0.478 e. The Hall–Kier alpha value is -3.34. The number of carboxylic acids is 1. The van der Waals surface area contributed by atoms with Crippen LogP contribution in [0.3, 0.4) is 0 Å². The van der Waals surface area contributed by atoms with Crippen molar-refractivity contribution in [2.45, 2.75) is 58.7 Å². The Kier molecular flexibility index (Phi) is 8.68. The highest BCUT2D eigenvalue weighted by Gasteiger charge is 2.37. The number of rotatable bonds is 7. The summed E-state index contributed by atoms with van der Waals surface area (Å²) in [6, 6.07) is 5.80. The van der Waals surface area contributed by atoms with Gasteiger partial charge in [-0.2, -0.15) is 18.2 Å². The van der Waals surface area contributed by atoms with Crippen LogP contribution in [-0.4, -0.2) is 54.3 Å². The average Bonchev–Trinajstić information content (AvgIpc) is 2.89. The summed E-state index contributed by atoms with van der Waals surface area (Å²) in [5.41, 5.74) is -1.14. The van der Waals surface area contributed by atoms with Crippen molar-refractivity contribution in [1.29, 1.82) is 0 Å². The van der Waals surface area contributed by atoms with E-state index in [1.807, 2.05) is 0 Å². The number of hydrogen-bond acceptors (Lipinski definition) is 6. The van der Waals surface area contributed by atoms with Gasteiger partial charge in [0, 0.05) is 25.0 Å². The van der Waals surface area contributed by atoms with Crippen molar-refractivity contribution in [1.82, 2.24) is 4.98 Å². The largest absolute Gasteiger partial charge is 0.478 e. The van der Waals surface area contributed by atoms with Gasteiger partial charge in [-0.1, -0.05) is 6.92 Å². The van der Waals surface area contributed by atoms with Crippen LogP contribution in [-0.2, 0) is 15.7 Å². The molecule has 1 aliphatic carbocycles. The van der Waals surface area contributed by atoms with E-state index in [4.69, 9.17) is 9.47 Å². The molecule has 2 aromatic rings. The fourth-order valence-corrected chi connectivity index (χ4v) is 5.12. The second kappa shape index (κ2) is 11.8. The van der Waals surface area contributed by atoms with E-state index >= 15 is 0 Å². The van der Waals surface area contributed by atoms with Crippen LogP contribution in [0.25, 0.3) is 0 Å². The molecule has 2 fully saturated rings. The summed E-state index contributed by atoms with van der Waals surface area (Å²) >= 11 is 0. The molecule has 2 heterocycles. The minimum atomic E-state index is -4.74. The van der Waals surface area contributed by atoms with Crippen LogP contribution >= 0.6 is 0 Å². The topological polar surface area (TPSA) is 92.2 Å². The maximum Gasteiger partial charge on any atom is 0.421 e. The monoisotopic (exact) mass is 549 g/mol. The van der Waals surface area contributed by atoms with E-state index < -0.39 is 23.6 Å². The van der Waals surface area contributed by atoms with Gasteiger partial charge in [0.25, 0.3) is 0 Å². The fraction of sp³-hybridized carbons (Fsp3) is 0.536. The Labute approximate surface area is 225 Å². The van der Waals surface area contributed by atoms with Gasteiger partial charge < -0.3 is 24.4 Å². The van der Waals surface area contributed by atoms with Crippen LogP contribution in [0.4, 0.5) is 24.7 Å². The van der Waals surface area contributed by atoms with E-state index in [2.05, 4.69) is 11.9 Å². The first-order valence-electron chi connectivity index (χ1n) is 13.2. The number of hydrogen-bond donors (Lipinski definition) is 1. The number of carbonyl (C=O) groups excluding carboxylic acids is 1. The summed E-state index contributed by atoms with van der Waals surface area (Å²) in [6.45, 7) is 7.54. The number of aromatic nitrogens is 1. The lowest BCUT2D eigenvalue weighted by atomic mass is 9.82. The third-order valence-electron chi connectivity index (χ3n) is 7.28. The van der Waals surface area contributed by atoms with E-state index in [-0.39, 0.29) is 34.9 Å². The summed E-state index contributed by atoms with van der Waals surface area (Å²) in [5, 5.41) is 10.0. The van der Waals surface area contributed by atoms with Crippen molar-refractivity contribution < 1.29 is 37.3 Å². The second-order valence-corrected chi connectivity index (χ2v) is 10.5. The second-order valence-electron chi connectivity index (χ2n) is 10.5. The standard InChI is InChI=1S/C28H34F3N3O5/c1-17(2)34(26(35)19-6-4-18(3)5-7-19)23-10-8-20(16-21(23)27(36)37)39-25-22(28(29,30)31)9-11-24(32-25)33-12-14-38-15-13-33/h8-11,16-19H,4-7,12-15H2,1-3H3,(H,36,37). The average molecular weight is 550 g/mol. The molecule has 1 saturated heterocycles. The van der Waals surface area contributed by atoms with Gasteiger partial charge in [0.15, 0.2) is 0 Å². The summed E-state index contributed by atoms with van der Waals surface area (Å²) in [7, 11) is 0. The van der Waals surface area contributed by atoms with Crippen LogP contribution in [0.1, 0.15) is 62.4 Å². The molecule has 0 atom stereocenters. The SMILES string of the molecule is CC1CCC(C(=O)N(c2ccc(Oc3nc(N4CCOCC4)ccc3C(F)(F)F)cc2C(=O)O)C(C)C)CC1. The molecule has 2 aliphatic rings. The number of nitrogens with zero attached hydrogens (tertiary/aromatic N) is 3. The van der Waals surface area contributed by atoms with E-state index in [0.717, 1.165) is 37.8 Å². The van der Waals surface area contributed by atoms with E-state index in [1.165, 1.54) is 23.1 Å². The summed E-state index contributed by atoms with van der Waals surface area (Å²) in [6.07, 6.45) is -1.41. The van der Waals surface area contributed by atoms with Gasteiger partial charge in [-0.25, -0.2) is 4.79 Å². The van der Waals surface area contributed by atoms with Crippen molar-refractivity contribution in [2.75, 3.05) is 36.1 Å². The number of alkyl halides is 3. The lowest BCUT2D eigenvalue weighted by molar-refractivity contribution is -0.138. The molecule has 1 saturated carbocycles. The zero-order valence-corrected chi connectivity index (χ0v) is 22.3. The Balaban J connectivity index is 1.68. The van der Waals surface area contributed by atoms with Gasteiger partial charge >= 0.3 is 12.1 Å². The van der Waals surface area contributed by atoms with E-state index in [9.17, 15) is 27.9 Å². The molecule has 0 bridgehead atoms.